The Labute approximate surface area is 133 Å². The summed E-state index contributed by atoms with van der Waals surface area (Å²) in [6.45, 7) is 4.32. The van der Waals surface area contributed by atoms with Gasteiger partial charge in [-0.2, -0.15) is 0 Å². The molecule has 4 heterocycles. The number of piperidine rings is 1. The molecule has 0 radical (unpaired) electrons. The van der Waals surface area contributed by atoms with Crippen molar-refractivity contribution in [2.45, 2.75) is 26.2 Å². The molecule has 5 heteroatoms. The van der Waals surface area contributed by atoms with E-state index < -0.39 is 0 Å². The van der Waals surface area contributed by atoms with Gasteiger partial charge in [0, 0.05) is 35.9 Å². The molecule has 0 saturated carbocycles. The van der Waals surface area contributed by atoms with E-state index in [2.05, 4.69) is 22.9 Å². The summed E-state index contributed by atoms with van der Waals surface area (Å²) < 4.78 is 0. The van der Waals surface area contributed by atoms with Crippen LogP contribution in [-0.2, 0) is 0 Å². The van der Waals surface area contributed by atoms with Gasteiger partial charge < -0.3 is 4.90 Å². The number of thiophene rings is 1. The van der Waals surface area contributed by atoms with Crippen molar-refractivity contribution in [2.75, 3.05) is 18.0 Å². The van der Waals surface area contributed by atoms with E-state index in [-0.39, 0.29) is 0 Å². The van der Waals surface area contributed by atoms with Gasteiger partial charge in [-0.1, -0.05) is 0 Å². The summed E-state index contributed by atoms with van der Waals surface area (Å²) in [5, 5.41) is 1.19. The van der Waals surface area contributed by atoms with Crippen molar-refractivity contribution in [1.29, 1.82) is 0 Å². The summed E-state index contributed by atoms with van der Waals surface area (Å²) in [6, 6.07) is 6.18. The Morgan fingerprint density at radius 2 is 2.00 bits per heavy atom. The molecular formula is C17H18N4S. The SMILES string of the molecule is Cc1cc2c(N3CCCCC3)nc(-c3cccnc3)nc2s1. The average Bonchev–Trinajstić information content (AvgIpc) is 2.95. The van der Waals surface area contributed by atoms with Crippen LogP contribution in [0.4, 0.5) is 5.82 Å². The zero-order chi connectivity index (χ0) is 14.9. The minimum absolute atomic E-state index is 0.781. The van der Waals surface area contributed by atoms with Gasteiger partial charge in [0.05, 0.1) is 5.39 Å². The number of rotatable bonds is 2. The smallest absolute Gasteiger partial charge is 0.164 e. The first kappa shape index (κ1) is 13.6. The van der Waals surface area contributed by atoms with Gasteiger partial charge in [-0.15, -0.1) is 11.3 Å². The molecule has 0 aliphatic carbocycles. The van der Waals surface area contributed by atoms with Crippen molar-refractivity contribution in [3.63, 3.8) is 0 Å². The number of pyridine rings is 1. The van der Waals surface area contributed by atoms with E-state index in [9.17, 15) is 0 Å². The first-order valence-corrected chi connectivity index (χ1v) is 8.56. The minimum Gasteiger partial charge on any atom is -0.356 e. The molecule has 1 saturated heterocycles. The maximum absolute atomic E-state index is 4.89. The summed E-state index contributed by atoms with van der Waals surface area (Å²) in [6.07, 6.45) is 7.43. The van der Waals surface area contributed by atoms with Crippen LogP contribution in [0.5, 0.6) is 0 Å². The Kier molecular flexibility index (Phi) is 3.50. The number of hydrogen-bond donors (Lipinski definition) is 0. The van der Waals surface area contributed by atoms with Crippen LogP contribution in [0.15, 0.2) is 30.6 Å². The molecule has 0 atom stereocenters. The maximum Gasteiger partial charge on any atom is 0.164 e. The molecule has 1 aliphatic rings. The largest absolute Gasteiger partial charge is 0.356 e. The van der Waals surface area contributed by atoms with Crippen LogP contribution in [0.3, 0.4) is 0 Å². The van der Waals surface area contributed by atoms with E-state index >= 15 is 0 Å². The van der Waals surface area contributed by atoms with Gasteiger partial charge in [0.2, 0.25) is 0 Å². The Morgan fingerprint density at radius 3 is 2.77 bits per heavy atom. The number of fused-ring (bicyclic) bond motifs is 1. The number of aryl methyl sites for hydroxylation is 1. The summed E-state index contributed by atoms with van der Waals surface area (Å²) in [5.74, 6) is 1.87. The molecule has 3 aromatic rings. The van der Waals surface area contributed by atoms with E-state index in [1.165, 1.54) is 29.5 Å². The highest BCUT2D eigenvalue weighted by molar-refractivity contribution is 7.18. The first-order chi connectivity index (χ1) is 10.8. The normalized spacial score (nSPS) is 15.4. The van der Waals surface area contributed by atoms with Gasteiger partial charge >= 0.3 is 0 Å². The van der Waals surface area contributed by atoms with Crippen molar-refractivity contribution in [1.82, 2.24) is 15.0 Å². The number of aromatic nitrogens is 3. The van der Waals surface area contributed by atoms with Crippen molar-refractivity contribution in [3.05, 3.63) is 35.5 Å². The van der Waals surface area contributed by atoms with Crippen LogP contribution in [-0.4, -0.2) is 28.0 Å². The Balaban J connectivity index is 1.89. The predicted octanol–water partition coefficient (Wildman–Crippen LogP) is 4.05. The lowest BCUT2D eigenvalue weighted by Gasteiger charge is -2.28. The highest BCUT2D eigenvalue weighted by Gasteiger charge is 2.19. The molecule has 4 rings (SSSR count). The van der Waals surface area contributed by atoms with Gasteiger partial charge in [-0.3, -0.25) is 4.98 Å². The Morgan fingerprint density at radius 1 is 1.14 bits per heavy atom. The van der Waals surface area contributed by atoms with Crippen LogP contribution < -0.4 is 4.90 Å². The second kappa shape index (κ2) is 5.65. The predicted molar refractivity (Wildman–Crippen MR) is 91.4 cm³/mol. The average molecular weight is 310 g/mol. The summed E-state index contributed by atoms with van der Waals surface area (Å²) >= 11 is 1.74. The van der Waals surface area contributed by atoms with Crippen LogP contribution >= 0.6 is 11.3 Å². The molecule has 0 aromatic carbocycles. The molecule has 1 aliphatic heterocycles. The van der Waals surface area contributed by atoms with Crippen LogP contribution in [0.2, 0.25) is 0 Å². The lowest BCUT2D eigenvalue weighted by molar-refractivity contribution is 0.575. The highest BCUT2D eigenvalue weighted by Crippen LogP contribution is 2.33. The van der Waals surface area contributed by atoms with Gasteiger partial charge in [0.25, 0.3) is 0 Å². The van der Waals surface area contributed by atoms with Crippen LogP contribution in [0.1, 0.15) is 24.1 Å². The Hall–Kier alpha value is -2.01. The van der Waals surface area contributed by atoms with E-state index in [0.717, 1.165) is 35.1 Å². The van der Waals surface area contributed by atoms with Gasteiger partial charge in [0.15, 0.2) is 5.82 Å². The summed E-state index contributed by atoms with van der Waals surface area (Å²) in [5.41, 5.74) is 0.980. The molecule has 112 valence electrons. The molecule has 3 aromatic heterocycles. The lowest BCUT2D eigenvalue weighted by Crippen LogP contribution is -2.30. The minimum atomic E-state index is 0.781. The molecule has 22 heavy (non-hydrogen) atoms. The van der Waals surface area contributed by atoms with Crippen molar-refractivity contribution >= 4 is 27.4 Å². The third-order valence-corrected chi connectivity index (χ3v) is 5.02. The van der Waals surface area contributed by atoms with E-state index in [4.69, 9.17) is 9.97 Å². The summed E-state index contributed by atoms with van der Waals surface area (Å²) in [4.78, 5) is 18.6. The molecular weight excluding hydrogens is 292 g/mol. The van der Waals surface area contributed by atoms with Gasteiger partial charge in [-0.25, -0.2) is 9.97 Å². The van der Waals surface area contributed by atoms with Crippen molar-refractivity contribution in [3.8, 4) is 11.4 Å². The van der Waals surface area contributed by atoms with Gasteiger partial charge in [0.1, 0.15) is 10.6 Å². The highest BCUT2D eigenvalue weighted by atomic mass is 32.1. The number of nitrogens with zero attached hydrogens (tertiary/aromatic N) is 4. The Bertz CT molecular complexity index is 791. The zero-order valence-electron chi connectivity index (χ0n) is 12.6. The maximum atomic E-state index is 4.89. The number of hydrogen-bond acceptors (Lipinski definition) is 5. The quantitative estimate of drug-likeness (QED) is 0.716. The second-order valence-corrected chi connectivity index (χ2v) is 6.97. The zero-order valence-corrected chi connectivity index (χ0v) is 13.4. The van der Waals surface area contributed by atoms with Crippen molar-refractivity contribution in [2.24, 2.45) is 0 Å². The van der Waals surface area contributed by atoms with Crippen LogP contribution in [0, 0.1) is 6.92 Å². The molecule has 0 amide bonds. The number of anilines is 1. The van der Waals surface area contributed by atoms with Crippen molar-refractivity contribution < 1.29 is 0 Å². The molecule has 0 unspecified atom stereocenters. The fraction of sp³-hybridized carbons (Fsp3) is 0.353. The second-order valence-electron chi connectivity index (χ2n) is 5.74. The molecule has 1 fully saturated rings. The van der Waals surface area contributed by atoms with Gasteiger partial charge in [-0.05, 0) is 44.4 Å². The van der Waals surface area contributed by atoms with E-state index in [0.29, 0.717) is 0 Å². The lowest BCUT2D eigenvalue weighted by atomic mass is 10.1. The topological polar surface area (TPSA) is 41.9 Å². The molecule has 4 nitrogen and oxygen atoms in total. The fourth-order valence-electron chi connectivity index (χ4n) is 3.00. The third kappa shape index (κ3) is 2.46. The molecule has 0 N–H and O–H groups in total. The third-order valence-electron chi connectivity index (χ3n) is 4.07. The summed E-state index contributed by atoms with van der Waals surface area (Å²) in [7, 11) is 0. The standard InChI is InChI=1S/C17H18N4S/c1-12-10-14-16(21-8-3-2-4-9-21)19-15(20-17(14)22-12)13-6-5-7-18-11-13/h5-7,10-11H,2-4,8-9H2,1H3. The van der Waals surface area contributed by atoms with E-state index in [1.54, 1.807) is 17.5 Å². The first-order valence-electron chi connectivity index (χ1n) is 7.75. The van der Waals surface area contributed by atoms with Crippen LogP contribution in [0.25, 0.3) is 21.6 Å². The molecule has 0 bridgehead atoms. The van der Waals surface area contributed by atoms with E-state index in [1.807, 2.05) is 18.3 Å². The fourth-order valence-corrected chi connectivity index (χ4v) is 3.87. The monoisotopic (exact) mass is 310 g/mol. The molecule has 0 spiro atoms.